The number of hydrogen-bond donors (Lipinski definition) is 0. The number of benzene rings is 1. The summed E-state index contributed by atoms with van der Waals surface area (Å²) < 4.78 is 0. The zero-order chi connectivity index (χ0) is 18.7. The fourth-order valence-electron chi connectivity index (χ4n) is 2.86. The zero-order valence-corrected chi connectivity index (χ0v) is 17.2. The van der Waals surface area contributed by atoms with Crippen LogP contribution in [0.3, 0.4) is 0 Å². The zero-order valence-electron chi connectivity index (χ0n) is 15.5. The van der Waals surface area contributed by atoms with Gasteiger partial charge in [-0.3, -0.25) is 4.79 Å². The predicted octanol–water partition coefficient (Wildman–Crippen LogP) is 4.84. The summed E-state index contributed by atoms with van der Waals surface area (Å²) in [5.74, 6) is 0.137. The molecule has 1 atom stereocenters. The third kappa shape index (κ3) is 3.91. The van der Waals surface area contributed by atoms with E-state index in [0.717, 1.165) is 20.8 Å². The van der Waals surface area contributed by atoms with Gasteiger partial charge >= 0.3 is 0 Å². The molecule has 136 valence electrons. The van der Waals surface area contributed by atoms with Crippen molar-refractivity contribution < 1.29 is 4.79 Å². The van der Waals surface area contributed by atoms with Crippen LogP contribution >= 0.6 is 23.1 Å². The summed E-state index contributed by atoms with van der Waals surface area (Å²) in [4.78, 5) is 26.0. The van der Waals surface area contributed by atoms with Crippen LogP contribution in [0, 0.1) is 13.8 Å². The highest BCUT2D eigenvalue weighted by Crippen LogP contribution is 2.36. The molecule has 4 nitrogen and oxygen atoms in total. The molecule has 0 radical (unpaired) electrons. The number of aryl methyl sites for hydroxylation is 2. The van der Waals surface area contributed by atoms with E-state index >= 15 is 0 Å². The van der Waals surface area contributed by atoms with Crippen molar-refractivity contribution in [1.29, 1.82) is 0 Å². The van der Waals surface area contributed by atoms with Crippen molar-refractivity contribution in [3.05, 3.63) is 52.7 Å². The van der Waals surface area contributed by atoms with Gasteiger partial charge in [0.1, 0.15) is 16.2 Å². The van der Waals surface area contributed by atoms with Crippen molar-refractivity contribution in [3.63, 3.8) is 0 Å². The van der Waals surface area contributed by atoms with Gasteiger partial charge in [-0.1, -0.05) is 42.1 Å². The molecule has 0 fully saturated rings. The van der Waals surface area contributed by atoms with Crippen molar-refractivity contribution >= 4 is 39.2 Å². The number of thioether (sulfide) groups is 1. The summed E-state index contributed by atoms with van der Waals surface area (Å²) >= 11 is 3.21. The lowest BCUT2D eigenvalue weighted by Crippen LogP contribution is -2.36. The molecule has 0 saturated carbocycles. The van der Waals surface area contributed by atoms with Gasteiger partial charge in [0, 0.05) is 23.4 Å². The number of thiophene rings is 1. The molecule has 2 heterocycles. The van der Waals surface area contributed by atoms with Crippen molar-refractivity contribution in [3.8, 4) is 0 Å². The van der Waals surface area contributed by atoms with E-state index in [-0.39, 0.29) is 11.2 Å². The minimum absolute atomic E-state index is 0.137. The number of rotatable bonds is 6. The fraction of sp³-hybridized carbons (Fsp3) is 0.350. The van der Waals surface area contributed by atoms with Gasteiger partial charge in [-0.15, -0.1) is 11.3 Å². The lowest BCUT2D eigenvalue weighted by atomic mass is 10.2. The Kier molecular flexibility index (Phi) is 5.94. The van der Waals surface area contributed by atoms with E-state index in [1.807, 2.05) is 36.9 Å². The number of carbonyl (C=O) groups excluding carboxylic acids is 1. The molecule has 26 heavy (non-hydrogen) atoms. The molecule has 2 aromatic heterocycles. The molecule has 0 N–H and O–H groups in total. The Morgan fingerprint density at radius 3 is 2.65 bits per heavy atom. The molecule has 1 unspecified atom stereocenters. The van der Waals surface area contributed by atoms with Gasteiger partial charge in [-0.05, 0) is 38.8 Å². The van der Waals surface area contributed by atoms with Crippen LogP contribution in [0.25, 0.3) is 10.2 Å². The second-order valence-electron chi connectivity index (χ2n) is 6.24. The Morgan fingerprint density at radius 2 is 1.96 bits per heavy atom. The first-order valence-corrected chi connectivity index (χ1v) is 10.4. The number of amides is 1. The molecule has 0 aliphatic carbocycles. The van der Waals surface area contributed by atoms with Gasteiger partial charge in [0.15, 0.2) is 0 Å². The highest BCUT2D eigenvalue weighted by molar-refractivity contribution is 8.00. The molecular formula is C20H23N3OS2. The number of aromatic nitrogens is 2. The van der Waals surface area contributed by atoms with Crippen LogP contribution in [0.1, 0.15) is 29.9 Å². The number of hydrogen-bond acceptors (Lipinski definition) is 5. The van der Waals surface area contributed by atoms with Crippen LogP contribution in [-0.2, 0) is 11.3 Å². The van der Waals surface area contributed by atoms with E-state index in [1.165, 1.54) is 22.2 Å². The molecule has 1 amide bonds. The Balaban J connectivity index is 1.78. The van der Waals surface area contributed by atoms with Crippen molar-refractivity contribution in [2.75, 3.05) is 6.54 Å². The second kappa shape index (κ2) is 8.18. The Labute approximate surface area is 162 Å². The molecule has 0 aliphatic rings. The van der Waals surface area contributed by atoms with Gasteiger partial charge < -0.3 is 4.90 Å². The minimum atomic E-state index is -0.198. The van der Waals surface area contributed by atoms with Crippen LogP contribution in [-0.4, -0.2) is 32.6 Å². The molecular weight excluding hydrogens is 362 g/mol. The maximum absolute atomic E-state index is 13.0. The average Bonchev–Trinajstić information content (AvgIpc) is 2.95. The van der Waals surface area contributed by atoms with Gasteiger partial charge in [0.05, 0.1) is 5.25 Å². The molecule has 3 aromatic rings. The van der Waals surface area contributed by atoms with Gasteiger partial charge in [0.2, 0.25) is 5.91 Å². The Hall–Kier alpha value is -1.92. The smallest absolute Gasteiger partial charge is 0.236 e. The third-order valence-corrected chi connectivity index (χ3v) is 6.68. The average molecular weight is 386 g/mol. The normalized spacial score (nSPS) is 12.3. The number of nitrogens with zero attached hydrogens (tertiary/aromatic N) is 3. The summed E-state index contributed by atoms with van der Waals surface area (Å²) in [7, 11) is 0. The van der Waals surface area contributed by atoms with Gasteiger partial charge in [-0.25, -0.2) is 9.97 Å². The third-order valence-electron chi connectivity index (χ3n) is 4.48. The highest BCUT2D eigenvalue weighted by atomic mass is 32.2. The van der Waals surface area contributed by atoms with E-state index in [9.17, 15) is 4.79 Å². The first kappa shape index (κ1) is 18.9. The van der Waals surface area contributed by atoms with E-state index in [0.29, 0.717) is 13.1 Å². The lowest BCUT2D eigenvalue weighted by Gasteiger charge is -2.24. The molecule has 0 saturated heterocycles. The molecule has 3 rings (SSSR count). The Bertz CT molecular complexity index is 908. The molecule has 6 heteroatoms. The largest absolute Gasteiger partial charge is 0.338 e. The van der Waals surface area contributed by atoms with E-state index < -0.39 is 0 Å². The van der Waals surface area contributed by atoms with E-state index in [4.69, 9.17) is 0 Å². The minimum Gasteiger partial charge on any atom is -0.338 e. The summed E-state index contributed by atoms with van der Waals surface area (Å²) in [6, 6.07) is 10.1. The topological polar surface area (TPSA) is 46.1 Å². The molecule has 0 bridgehead atoms. The van der Waals surface area contributed by atoms with Crippen molar-refractivity contribution in [2.24, 2.45) is 0 Å². The molecule has 0 spiro atoms. The first-order valence-electron chi connectivity index (χ1n) is 8.71. The second-order valence-corrected chi connectivity index (χ2v) is 8.77. The summed E-state index contributed by atoms with van der Waals surface area (Å²) in [6.45, 7) is 9.51. The lowest BCUT2D eigenvalue weighted by molar-refractivity contribution is -0.130. The van der Waals surface area contributed by atoms with Gasteiger partial charge in [0.25, 0.3) is 0 Å². The van der Waals surface area contributed by atoms with Crippen LogP contribution in [0.5, 0.6) is 0 Å². The predicted molar refractivity (Wildman–Crippen MR) is 110 cm³/mol. The maximum atomic E-state index is 13.0. The maximum Gasteiger partial charge on any atom is 0.236 e. The quantitative estimate of drug-likeness (QED) is 0.450. The summed E-state index contributed by atoms with van der Waals surface area (Å²) in [5, 5.41) is 1.79. The van der Waals surface area contributed by atoms with Crippen LogP contribution < -0.4 is 0 Å². The van der Waals surface area contributed by atoms with Crippen molar-refractivity contribution in [1.82, 2.24) is 14.9 Å². The number of fused-ring (bicyclic) bond motifs is 1. The fourth-order valence-corrected chi connectivity index (χ4v) is 4.99. The van der Waals surface area contributed by atoms with Crippen LogP contribution in [0.4, 0.5) is 0 Å². The molecule has 1 aromatic carbocycles. The SMILES string of the molecule is CCN(Cc1ccccc1)C(=O)C(C)Sc1ncnc2sc(C)c(C)c12. The molecule has 0 aliphatic heterocycles. The Morgan fingerprint density at radius 1 is 1.23 bits per heavy atom. The van der Waals surface area contributed by atoms with Crippen LogP contribution in [0.15, 0.2) is 41.7 Å². The number of carbonyl (C=O) groups is 1. The van der Waals surface area contributed by atoms with Crippen molar-refractivity contribution in [2.45, 2.75) is 44.5 Å². The monoisotopic (exact) mass is 385 g/mol. The van der Waals surface area contributed by atoms with Gasteiger partial charge in [-0.2, -0.15) is 0 Å². The van der Waals surface area contributed by atoms with E-state index in [2.05, 4.69) is 35.9 Å². The summed E-state index contributed by atoms with van der Waals surface area (Å²) in [6.07, 6.45) is 1.60. The van der Waals surface area contributed by atoms with Crippen LogP contribution in [0.2, 0.25) is 0 Å². The summed E-state index contributed by atoms with van der Waals surface area (Å²) in [5.41, 5.74) is 2.36. The standard InChI is InChI=1S/C20H23N3OS2/c1-5-23(11-16-9-7-6-8-10-16)20(24)15(4)26-19-17-13(2)14(3)25-18(17)21-12-22-19/h6-10,12,15H,5,11H2,1-4H3. The first-order chi connectivity index (χ1) is 12.5. The highest BCUT2D eigenvalue weighted by Gasteiger charge is 2.23. The van der Waals surface area contributed by atoms with E-state index in [1.54, 1.807) is 17.7 Å².